The van der Waals surface area contributed by atoms with E-state index in [4.69, 9.17) is 4.74 Å². The number of hydrogen-bond acceptors (Lipinski definition) is 6. The maximum atomic E-state index is 14.9. The van der Waals surface area contributed by atoms with E-state index in [1.807, 2.05) is 0 Å². The summed E-state index contributed by atoms with van der Waals surface area (Å²) < 4.78 is 6.55. The molecule has 9 heteroatoms. The molecule has 0 aromatic heterocycles. The first-order chi connectivity index (χ1) is 26.2. The predicted octanol–water partition coefficient (Wildman–Crippen LogP) is 7.78. The summed E-state index contributed by atoms with van der Waals surface area (Å²) in [5, 5.41) is 6.08. The number of esters is 1. The topological polar surface area (TPSA) is 108 Å². The minimum atomic E-state index is -0.305. The molecule has 5 aliphatic carbocycles. The Bertz CT molecular complexity index is 1510. The number of fused-ring (bicyclic) bond motifs is 7. The van der Waals surface area contributed by atoms with Gasteiger partial charge in [0.1, 0.15) is 6.10 Å². The number of ether oxygens (including phenoxy) is 1. The van der Waals surface area contributed by atoms with E-state index >= 15 is 0 Å². The molecule has 9 nitrogen and oxygen atoms in total. The molecule has 1 saturated heterocycles. The highest BCUT2D eigenvalue weighted by atomic mass is 16.5. The van der Waals surface area contributed by atoms with Crippen molar-refractivity contribution in [3.05, 3.63) is 12.2 Å². The molecular weight excluding hydrogens is 701 g/mol. The molecule has 0 aromatic carbocycles. The van der Waals surface area contributed by atoms with E-state index in [1.165, 1.54) is 5.57 Å². The van der Waals surface area contributed by atoms with Gasteiger partial charge in [0.2, 0.25) is 17.7 Å². The van der Waals surface area contributed by atoms with Crippen LogP contribution in [0.4, 0.5) is 0 Å². The predicted molar refractivity (Wildman–Crippen MR) is 222 cm³/mol. The van der Waals surface area contributed by atoms with Crippen LogP contribution in [0.15, 0.2) is 12.2 Å². The molecule has 0 radical (unpaired) electrons. The average Bonchev–Trinajstić information content (AvgIpc) is 3.52. The van der Waals surface area contributed by atoms with Gasteiger partial charge in [-0.1, -0.05) is 46.8 Å². The molecule has 0 bridgehead atoms. The first-order valence-corrected chi connectivity index (χ1v) is 22.5. The summed E-state index contributed by atoms with van der Waals surface area (Å²) in [6, 6.07) is 0. The first-order valence-electron chi connectivity index (χ1n) is 22.5. The van der Waals surface area contributed by atoms with Gasteiger partial charge in [-0.15, -0.1) is 0 Å². The summed E-state index contributed by atoms with van der Waals surface area (Å²) in [4.78, 5) is 56.5. The van der Waals surface area contributed by atoms with Gasteiger partial charge in [0, 0.05) is 70.9 Å². The largest absolute Gasteiger partial charge is 0.461 e. The van der Waals surface area contributed by atoms with Crippen LogP contribution in [0.1, 0.15) is 146 Å². The number of piperazine rings is 1. The zero-order valence-corrected chi connectivity index (χ0v) is 37.0. The Morgan fingerprint density at radius 3 is 1.89 bits per heavy atom. The van der Waals surface area contributed by atoms with Crippen LogP contribution >= 0.6 is 0 Å². The minimum Gasteiger partial charge on any atom is -0.461 e. The molecule has 1 heterocycles. The molecule has 6 fully saturated rings. The molecule has 0 unspecified atom stereocenters. The van der Waals surface area contributed by atoms with Gasteiger partial charge in [-0.3, -0.25) is 19.2 Å². The molecule has 1 aliphatic heterocycles. The molecule has 5 saturated carbocycles. The van der Waals surface area contributed by atoms with Gasteiger partial charge >= 0.3 is 5.97 Å². The Kier molecular flexibility index (Phi) is 12.1. The Morgan fingerprint density at radius 2 is 1.34 bits per heavy atom. The number of nitrogens with one attached hydrogen (secondary N) is 2. The molecule has 3 amide bonds. The quantitative estimate of drug-likeness (QED) is 0.126. The van der Waals surface area contributed by atoms with E-state index < -0.39 is 0 Å². The molecular formula is C47H78N4O5. The Morgan fingerprint density at radius 1 is 0.732 bits per heavy atom. The number of carbonyl (C=O) groups is 4. The normalized spacial score (nSPS) is 39.9. The van der Waals surface area contributed by atoms with E-state index in [0.29, 0.717) is 48.6 Å². The van der Waals surface area contributed by atoms with Crippen LogP contribution in [0.5, 0.6) is 0 Å². The Labute approximate surface area is 339 Å². The number of amides is 3. The number of rotatable bonds is 11. The van der Waals surface area contributed by atoms with Gasteiger partial charge in [0.05, 0.1) is 5.41 Å². The number of likely N-dealkylation sites (N-methyl/N-ethyl adjacent to an activating group) is 1. The highest BCUT2D eigenvalue weighted by Gasteiger charge is 2.74. The number of allylic oxidation sites excluding steroid dienone is 1. The number of hydrogen-bond donors (Lipinski definition) is 2. The van der Waals surface area contributed by atoms with E-state index in [2.05, 4.69) is 75.6 Å². The lowest BCUT2D eigenvalue weighted by atomic mass is 9.30. The lowest BCUT2D eigenvalue weighted by molar-refractivity contribution is -0.276. The molecule has 0 spiro atoms. The van der Waals surface area contributed by atoms with Crippen molar-refractivity contribution < 1.29 is 23.9 Å². The average molecular weight is 779 g/mol. The van der Waals surface area contributed by atoms with Gasteiger partial charge in [-0.05, 0) is 143 Å². The standard InChI is InChI=1S/C47H78N4O5/c1-31(2)35-16-21-47(41(55)51-28-26-50(11)27-29-51)23-22-44(9)36(39(35)47)14-15-38-43(8)30-46(18-12-24-48-32(3)52,19-13-25-49-33(4)53)40(56-34(5)54)42(6,7)37(43)17-20-45(38,44)10/h35-40H,1,12-30H2,2-11H3,(H,48,52)(H,49,53)/t35-,36+,37-,38+,39+,40+,43-,44+,45+,47-/m0/s1. The van der Waals surface area contributed by atoms with Gasteiger partial charge in [-0.25, -0.2) is 0 Å². The van der Waals surface area contributed by atoms with Crippen molar-refractivity contribution >= 4 is 23.7 Å². The molecule has 56 heavy (non-hydrogen) atoms. The van der Waals surface area contributed by atoms with Crippen LogP contribution in [0, 0.1) is 62.1 Å². The zero-order chi connectivity index (χ0) is 41.1. The van der Waals surface area contributed by atoms with Crippen molar-refractivity contribution in [3.8, 4) is 0 Å². The van der Waals surface area contributed by atoms with Crippen LogP contribution in [-0.4, -0.2) is 85.9 Å². The monoisotopic (exact) mass is 779 g/mol. The maximum absolute atomic E-state index is 14.9. The van der Waals surface area contributed by atoms with E-state index in [1.54, 1.807) is 20.8 Å². The third-order valence-electron chi connectivity index (χ3n) is 18.1. The molecule has 2 N–H and O–H groups in total. The molecule has 6 aliphatic rings. The van der Waals surface area contributed by atoms with Gasteiger partial charge in [0.15, 0.2) is 0 Å². The highest BCUT2D eigenvalue weighted by Crippen LogP contribution is 2.79. The SMILES string of the molecule is C=C(C)[C@@H]1CC[C@]2(C(=O)N3CCN(C)CC3)CC[C@]3(C)[C@H](CC[C@@H]4[C@@]5(C)CC(CCCNC(C)=O)(CCCNC(C)=O)[C@H](OC(C)=O)C(C)(C)[C@@H]5CC[C@]43C)[C@@H]12. The molecule has 6 rings (SSSR count). The van der Waals surface area contributed by atoms with E-state index in [0.717, 1.165) is 110 Å². The van der Waals surface area contributed by atoms with Crippen molar-refractivity contribution in [2.75, 3.05) is 46.3 Å². The van der Waals surface area contributed by atoms with Crippen LogP contribution in [0.25, 0.3) is 0 Å². The Hall–Kier alpha value is -2.42. The molecule has 316 valence electrons. The lowest BCUT2D eigenvalue weighted by Gasteiger charge is -2.74. The van der Waals surface area contributed by atoms with Gasteiger partial charge in [-0.2, -0.15) is 0 Å². The lowest BCUT2D eigenvalue weighted by Crippen LogP contribution is -2.70. The van der Waals surface area contributed by atoms with Crippen molar-refractivity contribution in [2.45, 2.75) is 152 Å². The fourth-order valence-corrected chi connectivity index (χ4v) is 15.9. The summed E-state index contributed by atoms with van der Waals surface area (Å²) >= 11 is 0. The molecule has 10 atom stereocenters. The summed E-state index contributed by atoms with van der Waals surface area (Å²) in [5.74, 6) is 2.24. The Balaban J connectivity index is 1.38. The second-order valence-corrected chi connectivity index (χ2v) is 21.5. The van der Waals surface area contributed by atoms with Gasteiger partial charge < -0.3 is 25.2 Å². The third-order valence-corrected chi connectivity index (χ3v) is 18.1. The number of carbonyl (C=O) groups excluding carboxylic acids is 4. The van der Waals surface area contributed by atoms with Crippen molar-refractivity contribution in [3.63, 3.8) is 0 Å². The zero-order valence-electron chi connectivity index (χ0n) is 37.0. The van der Waals surface area contributed by atoms with Crippen LogP contribution in [-0.2, 0) is 23.9 Å². The van der Waals surface area contributed by atoms with Gasteiger partial charge in [0.25, 0.3) is 0 Å². The first kappa shape index (κ1) is 43.2. The van der Waals surface area contributed by atoms with Crippen LogP contribution in [0.3, 0.4) is 0 Å². The fraction of sp³-hybridized carbons (Fsp3) is 0.872. The second-order valence-electron chi connectivity index (χ2n) is 21.5. The third kappa shape index (κ3) is 7.07. The van der Waals surface area contributed by atoms with E-state index in [-0.39, 0.29) is 56.4 Å². The summed E-state index contributed by atoms with van der Waals surface area (Å²) in [6.07, 6.45) is 12.7. The second kappa shape index (κ2) is 15.6. The van der Waals surface area contributed by atoms with Crippen molar-refractivity contribution in [2.24, 2.45) is 62.1 Å². The minimum absolute atomic E-state index is 0.00322. The van der Waals surface area contributed by atoms with Crippen LogP contribution in [0.2, 0.25) is 0 Å². The highest BCUT2D eigenvalue weighted by molar-refractivity contribution is 5.84. The molecule has 0 aromatic rings. The number of nitrogens with zero attached hydrogens (tertiary/aromatic N) is 2. The summed E-state index contributed by atoms with van der Waals surface area (Å²) in [7, 11) is 2.17. The summed E-state index contributed by atoms with van der Waals surface area (Å²) in [5.41, 5.74) is 0.590. The smallest absolute Gasteiger partial charge is 0.302 e. The van der Waals surface area contributed by atoms with Crippen molar-refractivity contribution in [1.29, 1.82) is 0 Å². The summed E-state index contributed by atoms with van der Waals surface area (Å²) in [6.45, 7) is 29.0. The maximum Gasteiger partial charge on any atom is 0.302 e. The van der Waals surface area contributed by atoms with Crippen molar-refractivity contribution in [1.82, 2.24) is 20.4 Å². The van der Waals surface area contributed by atoms with Crippen LogP contribution < -0.4 is 10.6 Å². The van der Waals surface area contributed by atoms with E-state index in [9.17, 15) is 19.2 Å². The fourth-order valence-electron chi connectivity index (χ4n) is 15.9.